The van der Waals surface area contributed by atoms with Gasteiger partial charge < -0.3 is 34.8 Å². The van der Waals surface area contributed by atoms with Crippen LogP contribution in [0.25, 0.3) is 0 Å². The zero-order valence-electron chi connectivity index (χ0n) is 12.4. The van der Waals surface area contributed by atoms with Crippen LogP contribution in [0.3, 0.4) is 0 Å². The van der Waals surface area contributed by atoms with Crippen molar-refractivity contribution >= 4 is 21.3 Å². The number of methoxy groups -OCH3 is 1. The number of aliphatic hydroxyl groups excluding tert-OH is 5. The molecule has 0 saturated carbocycles. The Balaban J connectivity index is 2.90. The second-order valence-electron chi connectivity index (χ2n) is 5.14. The van der Waals surface area contributed by atoms with Crippen LogP contribution < -0.4 is 0 Å². The van der Waals surface area contributed by atoms with Crippen molar-refractivity contribution < 1.29 is 47.4 Å². The van der Waals surface area contributed by atoms with Crippen molar-refractivity contribution in [1.29, 1.82) is 0 Å². The van der Waals surface area contributed by atoms with E-state index in [4.69, 9.17) is 9.84 Å². The van der Waals surface area contributed by atoms with Crippen molar-refractivity contribution in [3.8, 4) is 0 Å². The minimum Gasteiger partial charge on any atom is -0.726 e. The van der Waals surface area contributed by atoms with E-state index in [1.54, 1.807) is 0 Å². The fourth-order valence-corrected chi connectivity index (χ4v) is 5.74. The standard InChI is InChI=1S/C11H22O10S2/c1-20-8(11(6(14)2-12)21-23(17,18)19)5-22-4-7(15)10(16)9(22)3-13/h6-16H,2-5H2,1H3/t6-,7-,8-,9-,10+,11+,22?/m1/s1. The predicted octanol–water partition coefficient (Wildman–Crippen LogP) is -4.09. The van der Waals surface area contributed by atoms with Crippen molar-refractivity contribution in [2.24, 2.45) is 0 Å². The molecule has 0 aromatic heterocycles. The van der Waals surface area contributed by atoms with E-state index in [2.05, 4.69) is 4.18 Å². The molecule has 5 N–H and O–H groups in total. The molecule has 0 aromatic carbocycles. The van der Waals surface area contributed by atoms with Gasteiger partial charge in [0.25, 0.3) is 0 Å². The van der Waals surface area contributed by atoms with Gasteiger partial charge in [0.1, 0.15) is 42.0 Å². The summed E-state index contributed by atoms with van der Waals surface area (Å²) >= 11 is 0. The molecule has 10 nitrogen and oxygen atoms in total. The van der Waals surface area contributed by atoms with Gasteiger partial charge in [0.05, 0.1) is 13.2 Å². The van der Waals surface area contributed by atoms with Crippen LogP contribution in [0.1, 0.15) is 0 Å². The maximum atomic E-state index is 10.8. The van der Waals surface area contributed by atoms with E-state index < -0.39 is 70.3 Å². The number of ether oxygens (including phenoxy) is 1. The molecule has 12 heteroatoms. The lowest BCUT2D eigenvalue weighted by molar-refractivity contribution is -0.0699. The van der Waals surface area contributed by atoms with Crippen molar-refractivity contribution in [3.05, 3.63) is 0 Å². The third-order valence-electron chi connectivity index (χ3n) is 3.61. The van der Waals surface area contributed by atoms with E-state index in [0.29, 0.717) is 0 Å². The predicted molar refractivity (Wildman–Crippen MR) is 78.4 cm³/mol. The normalized spacial score (nSPS) is 32.7. The topological polar surface area (TPSA) is 177 Å². The fourth-order valence-electron chi connectivity index (χ4n) is 2.41. The van der Waals surface area contributed by atoms with Crippen molar-refractivity contribution in [1.82, 2.24) is 0 Å². The minimum absolute atomic E-state index is 0.0209. The van der Waals surface area contributed by atoms with Crippen LogP contribution >= 0.6 is 0 Å². The molecule has 0 radical (unpaired) electrons. The number of hydrogen-bond donors (Lipinski definition) is 5. The molecule has 1 saturated heterocycles. The second kappa shape index (κ2) is 8.89. The van der Waals surface area contributed by atoms with Crippen LogP contribution in [-0.4, -0.2) is 106 Å². The summed E-state index contributed by atoms with van der Waals surface area (Å²) in [5, 5.41) is 46.8. The Labute approximate surface area is 137 Å². The minimum atomic E-state index is -5.15. The Hall–Kier alpha value is -0.0200. The maximum Gasteiger partial charge on any atom is 0.218 e. The van der Waals surface area contributed by atoms with Gasteiger partial charge >= 0.3 is 0 Å². The van der Waals surface area contributed by atoms with Gasteiger partial charge in [0.15, 0.2) is 5.25 Å². The number of aliphatic hydroxyl groups is 5. The first-order chi connectivity index (χ1) is 10.6. The summed E-state index contributed by atoms with van der Waals surface area (Å²) in [4.78, 5) is 0. The molecule has 1 rings (SSSR count). The molecule has 0 aromatic rings. The van der Waals surface area contributed by atoms with E-state index in [1.807, 2.05) is 0 Å². The largest absolute Gasteiger partial charge is 0.726 e. The molecule has 0 spiro atoms. The highest BCUT2D eigenvalue weighted by atomic mass is 32.3. The molecule has 7 atom stereocenters. The highest BCUT2D eigenvalue weighted by molar-refractivity contribution is 7.97. The van der Waals surface area contributed by atoms with E-state index in [1.165, 1.54) is 7.11 Å². The van der Waals surface area contributed by atoms with Gasteiger partial charge in [-0.3, -0.25) is 4.18 Å². The van der Waals surface area contributed by atoms with E-state index in [-0.39, 0.29) is 11.5 Å². The average Bonchev–Trinajstić information content (AvgIpc) is 2.75. The lowest BCUT2D eigenvalue weighted by Crippen LogP contribution is -2.48. The third-order valence-corrected chi connectivity index (χ3v) is 6.88. The van der Waals surface area contributed by atoms with Gasteiger partial charge in [-0.25, -0.2) is 8.42 Å². The summed E-state index contributed by atoms with van der Waals surface area (Å²) in [5.41, 5.74) is 0. The van der Waals surface area contributed by atoms with Crippen LogP contribution in [0.2, 0.25) is 0 Å². The molecule has 1 aliphatic heterocycles. The van der Waals surface area contributed by atoms with Gasteiger partial charge in [0.2, 0.25) is 10.4 Å². The lowest BCUT2D eigenvalue weighted by Gasteiger charge is -2.29. The molecule has 0 bridgehead atoms. The molecule has 0 aliphatic carbocycles. The first kappa shape index (κ1) is 21.0. The summed E-state index contributed by atoms with van der Waals surface area (Å²) in [5.74, 6) is 0.172. The van der Waals surface area contributed by atoms with Crippen molar-refractivity contribution in [3.63, 3.8) is 0 Å². The average molecular weight is 378 g/mol. The van der Waals surface area contributed by atoms with Gasteiger partial charge in [-0.05, 0) is 0 Å². The quantitative estimate of drug-likeness (QED) is 0.151. The van der Waals surface area contributed by atoms with Crippen LogP contribution in [0.15, 0.2) is 0 Å². The molecule has 1 aliphatic rings. The molecule has 1 unspecified atom stereocenters. The molecule has 23 heavy (non-hydrogen) atoms. The SMILES string of the molecule is CO[C@H](C[S+]1C[C@@H](O)[C@H](O)[C@H]1CO)[C@@H](OS(=O)(=O)[O-])[C@H](O)CO. The Bertz CT molecular complexity index is 458. The highest BCUT2D eigenvalue weighted by Gasteiger charge is 2.51. The number of hydrogen-bond acceptors (Lipinski definition) is 10. The van der Waals surface area contributed by atoms with E-state index in [9.17, 15) is 33.4 Å². The summed E-state index contributed by atoms with van der Waals surface area (Å²) < 4.78 is 41.7. The molecular formula is C11H22O10S2. The van der Waals surface area contributed by atoms with Crippen LogP contribution in [-0.2, 0) is 30.2 Å². The summed E-state index contributed by atoms with van der Waals surface area (Å²) in [7, 11) is -4.72. The maximum absolute atomic E-state index is 10.8. The van der Waals surface area contributed by atoms with Gasteiger partial charge in [-0.15, -0.1) is 0 Å². The first-order valence-electron chi connectivity index (χ1n) is 6.73. The third kappa shape index (κ3) is 5.77. The molecule has 1 heterocycles. The zero-order valence-corrected chi connectivity index (χ0v) is 14.0. The fraction of sp³-hybridized carbons (Fsp3) is 1.00. The Morgan fingerprint density at radius 3 is 2.39 bits per heavy atom. The summed E-state index contributed by atoms with van der Waals surface area (Å²) in [6.45, 7) is -1.26. The molecular weight excluding hydrogens is 356 g/mol. The monoisotopic (exact) mass is 378 g/mol. The van der Waals surface area contributed by atoms with E-state index in [0.717, 1.165) is 0 Å². The second-order valence-corrected chi connectivity index (χ2v) is 8.50. The molecule has 0 amide bonds. The summed E-state index contributed by atoms with van der Waals surface area (Å²) in [6, 6.07) is 0. The van der Waals surface area contributed by atoms with Crippen LogP contribution in [0.4, 0.5) is 0 Å². The Morgan fingerprint density at radius 2 is 1.96 bits per heavy atom. The molecule has 1 fully saturated rings. The van der Waals surface area contributed by atoms with Gasteiger partial charge in [-0.1, -0.05) is 0 Å². The van der Waals surface area contributed by atoms with Crippen LogP contribution in [0, 0.1) is 0 Å². The Kier molecular flexibility index (Phi) is 8.13. The van der Waals surface area contributed by atoms with Gasteiger partial charge in [0, 0.05) is 18.0 Å². The number of rotatable bonds is 9. The summed E-state index contributed by atoms with van der Waals surface area (Å²) in [6.07, 6.45) is -6.60. The zero-order chi connectivity index (χ0) is 17.8. The van der Waals surface area contributed by atoms with E-state index >= 15 is 0 Å². The smallest absolute Gasteiger partial charge is 0.218 e. The van der Waals surface area contributed by atoms with Crippen molar-refractivity contribution in [2.75, 3.05) is 31.8 Å². The first-order valence-corrected chi connectivity index (χ1v) is 9.69. The van der Waals surface area contributed by atoms with Gasteiger partial charge in [-0.2, -0.15) is 0 Å². The molecule has 138 valence electrons. The Morgan fingerprint density at radius 1 is 1.35 bits per heavy atom. The lowest BCUT2D eigenvalue weighted by atomic mass is 10.1. The van der Waals surface area contributed by atoms with Crippen LogP contribution in [0.5, 0.6) is 0 Å². The highest BCUT2D eigenvalue weighted by Crippen LogP contribution is 2.26. The van der Waals surface area contributed by atoms with Crippen molar-refractivity contribution in [2.45, 2.75) is 35.8 Å².